The number of benzene rings is 1. The van der Waals surface area contributed by atoms with Crippen LogP contribution in [0.3, 0.4) is 0 Å². The fourth-order valence-corrected chi connectivity index (χ4v) is 4.10. The lowest BCUT2D eigenvalue weighted by molar-refractivity contribution is 0.0605. The number of hydrogen-bond donors (Lipinski definition) is 1. The first kappa shape index (κ1) is 22.7. The van der Waals surface area contributed by atoms with Gasteiger partial charge in [-0.3, -0.25) is 9.80 Å². The van der Waals surface area contributed by atoms with Crippen molar-refractivity contribution in [2.75, 3.05) is 36.0 Å². The van der Waals surface area contributed by atoms with E-state index < -0.39 is 29.6 Å². The Morgan fingerprint density at radius 3 is 2.58 bits per heavy atom. The average molecular weight is 432 g/mol. The topological polar surface area (TPSA) is 97.1 Å². The van der Waals surface area contributed by atoms with E-state index in [1.165, 1.54) is 15.9 Å². The van der Waals surface area contributed by atoms with Crippen molar-refractivity contribution in [3.63, 3.8) is 0 Å². The van der Waals surface area contributed by atoms with Gasteiger partial charge >= 0.3 is 12.2 Å². The van der Waals surface area contributed by atoms with Gasteiger partial charge < -0.3 is 14.7 Å². The number of nitrogens with zero attached hydrogens (tertiary/aromatic N) is 4. The summed E-state index contributed by atoms with van der Waals surface area (Å²) in [7, 11) is 0. The van der Waals surface area contributed by atoms with Crippen LogP contribution >= 0.6 is 0 Å². The van der Waals surface area contributed by atoms with Crippen LogP contribution in [0.1, 0.15) is 40.0 Å². The van der Waals surface area contributed by atoms with Crippen molar-refractivity contribution in [1.82, 2.24) is 4.90 Å². The van der Waals surface area contributed by atoms with Crippen LogP contribution in [0.15, 0.2) is 18.2 Å². The Bertz CT molecular complexity index is 871. The minimum Gasteiger partial charge on any atom is -0.465 e. The predicted molar refractivity (Wildman–Crippen MR) is 114 cm³/mol. The highest BCUT2D eigenvalue weighted by atomic mass is 19.1. The molecule has 0 spiro atoms. The maximum absolute atomic E-state index is 14.9. The van der Waals surface area contributed by atoms with Gasteiger partial charge in [-0.05, 0) is 57.7 Å². The van der Waals surface area contributed by atoms with Crippen LogP contribution in [0.25, 0.3) is 0 Å². The van der Waals surface area contributed by atoms with E-state index in [0.29, 0.717) is 36.8 Å². The number of amides is 2. The zero-order chi connectivity index (χ0) is 22.8. The second-order valence-corrected chi connectivity index (χ2v) is 9.11. The van der Waals surface area contributed by atoms with E-state index in [2.05, 4.69) is 6.07 Å². The van der Waals surface area contributed by atoms with Crippen LogP contribution in [-0.4, -0.2) is 60.0 Å². The Morgan fingerprint density at radius 2 is 2.03 bits per heavy atom. The SMILES string of the molecule is CC(C)(C)N(CC1CN(c2ccc(N3CCC(CC#N)CC3)c(F)c2)C(=O)O1)C(=O)O. The van der Waals surface area contributed by atoms with Gasteiger partial charge in [0.05, 0.1) is 30.5 Å². The maximum atomic E-state index is 14.9. The van der Waals surface area contributed by atoms with Gasteiger partial charge in [0.2, 0.25) is 0 Å². The number of halogens is 1. The summed E-state index contributed by atoms with van der Waals surface area (Å²) < 4.78 is 20.2. The Morgan fingerprint density at radius 1 is 1.35 bits per heavy atom. The molecular weight excluding hydrogens is 403 g/mol. The molecule has 0 bridgehead atoms. The molecule has 0 radical (unpaired) electrons. The zero-order valence-corrected chi connectivity index (χ0v) is 18.2. The maximum Gasteiger partial charge on any atom is 0.414 e. The molecule has 1 atom stereocenters. The molecule has 1 unspecified atom stereocenters. The summed E-state index contributed by atoms with van der Waals surface area (Å²) in [6.45, 7) is 6.88. The van der Waals surface area contributed by atoms with Gasteiger partial charge in [0, 0.05) is 25.0 Å². The summed E-state index contributed by atoms with van der Waals surface area (Å²) in [6, 6.07) is 6.86. The Hall–Kier alpha value is -3.02. The molecule has 2 aliphatic heterocycles. The van der Waals surface area contributed by atoms with E-state index in [1.807, 2.05) is 4.90 Å². The lowest BCUT2D eigenvalue weighted by Crippen LogP contribution is -2.49. The van der Waals surface area contributed by atoms with Crippen molar-refractivity contribution in [3.05, 3.63) is 24.0 Å². The molecule has 0 aromatic heterocycles. The number of carboxylic acid groups (broad SMARTS) is 1. The first-order valence-corrected chi connectivity index (χ1v) is 10.5. The highest BCUT2D eigenvalue weighted by Crippen LogP contribution is 2.31. The third-order valence-electron chi connectivity index (χ3n) is 5.88. The Balaban J connectivity index is 1.67. The van der Waals surface area contributed by atoms with Crippen molar-refractivity contribution in [2.24, 2.45) is 5.92 Å². The van der Waals surface area contributed by atoms with Crippen molar-refractivity contribution in [3.8, 4) is 6.07 Å². The number of hydrogen-bond acceptors (Lipinski definition) is 5. The summed E-state index contributed by atoms with van der Waals surface area (Å²) in [4.78, 5) is 28.4. The molecule has 0 aliphatic carbocycles. The number of piperidine rings is 1. The number of cyclic esters (lactones) is 1. The minimum absolute atomic E-state index is 0.0410. The molecule has 2 fully saturated rings. The lowest BCUT2D eigenvalue weighted by Gasteiger charge is -2.34. The molecule has 2 saturated heterocycles. The van der Waals surface area contributed by atoms with Crippen LogP contribution in [0.2, 0.25) is 0 Å². The van der Waals surface area contributed by atoms with Gasteiger partial charge in [-0.15, -0.1) is 0 Å². The molecule has 2 amide bonds. The molecule has 8 nitrogen and oxygen atoms in total. The van der Waals surface area contributed by atoms with Gasteiger partial charge in [-0.1, -0.05) is 0 Å². The predicted octanol–water partition coefficient (Wildman–Crippen LogP) is 4.06. The van der Waals surface area contributed by atoms with E-state index in [-0.39, 0.29) is 13.1 Å². The van der Waals surface area contributed by atoms with Crippen molar-refractivity contribution >= 4 is 23.6 Å². The van der Waals surface area contributed by atoms with Crippen LogP contribution in [-0.2, 0) is 4.74 Å². The third kappa shape index (κ3) is 5.19. The monoisotopic (exact) mass is 432 g/mol. The summed E-state index contributed by atoms with van der Waals surface area (Å²) in [5, 5.41) is 18.3. The van der Waals surface area contributed by atoms with Crippen LogP contribution in [0, 0.1) is 23.1 Å². The molecule has 31 heavy (non-hydrogen) atoms. The van der Waals surface area contributed by atoms with E-state index in [9.17, 15) is 19.1 Å². The molecular formula is C22H29FN4O4. The van der Waals surface area contributed by atoms with Gasteiger partial charge in [0.1, 0.15) is 11.9 Å². The number of rotatable bonds is 5. The smallest absolute Gasteiger partial charge is 0.414 e. The number of carbonyl (C=O) groups is 2. The lowest BCUT2D eigenvalue weighted by atomic mass is 9.94. The van der Waals surface area contributed by atoms with Gasteiger partial charge in [-0.2, -0.15) is 5.26 Å². The fraction of sp³-hybridized carbons (Fsp3) is 0.591. The second-order valence-electron chi connectivity index (χ2n) is 9.11. The average Bonchev–Trinajstić information content (AvgIpc) is 3.06. The second kappa shape index (κ2) is 9.00. The largest absolute Gasteiger partial charge is 0.465 e. The molecule has 168 valence electrons. The van der Waals surface area contributed by atoms with Gasteiger partial charge in [0.15, 0.2) is 0 Å². The zero-order valence-electron chi connectivity index (χ0n) is 18.2. The quantitative estimate of drug-likeness (QED) is 0.754. The minimum atomic E-state index is -1.09. The number of anilines is 2. The normalized spacial score (nSPS) is 19.8. The van der Waals surface area contributed by atoms with E-state index in [4.69, 9.17) is 10.00 Å². The highest BCUT2D eigenvalue weighted by molar-refractivity contribution is 5.90. The summed E-state index contributed by atoms with van der Waals surface area (Å²) >= 11 is 0. The first-order chi connectivity index (χ1) is 14.6. The molecule has 3 rings (SSSR count). The van der Waals surface area contributed by atoms with Crippen LogP contribution < -0.4 is 9.80 Å². The van der Waals surface area contributed by atoms with Crippen LogP contribution in [0.5, 0.6) is 0 Å². The molecule has 1 aromatic rings. The molecule has 2 aliphatic rings. The van der Waals surface area contributed by atoms with Crippen molar-refractivity contribution in [1.29, 1.82) is 5.26 Å². The molecule has 1 N–H and O–H groups in total. The summed E-state index contributed by atoms with van der Waals surface area (Å²) in [5.41, 5.74) is 0.221. The summed E-state index contributed by atoms with van der Waals surface area (Å²) in [5.74, 6) is -0.0623. The third-order valence-corrected chi connectivity index (χ3v) is 5.88. The molecule has 9 heteroatoms. The van der Waals surface area contributed by atoms with Gasteiger partial charge in [0.25, 0.3) is 0 Å². The van der Waals surface area contributed by atoms with E-state index in [1.54, 1.807) is 32.9 Å². The Labute approximate surface area is 181 Å². The molecule has 1 aromatic carbocycles. The number of ether oxygens (including phenoxy) is 1. The number of carbonyl (C=O) groups excluding carboxylic acids is 1. The Kier molecular flexibility index (Phi) is 6.58. The van der Waals surface area contributed by atoms with E-state index in [0.717, 1.165) is 12.8 Å². The number of nitriles is 1. The fourth-order valence-electron chi connectivity index (χ4n) is 4.10. The van der Waals surface area contributed by atoms with E-state index >= 15 is 0 Å². The van der Waals surface area contributed by atoms with Gasteiger partial charge in [-0.25, -0.2) is 14.0 Å². The molecule has 2 heterocycles. The highest BCUT2D eigenvalue weighted by Gasteiger charge is 2.37. The van der Waals surface area contributed by atoms with Crippen LogP contribution in [0.4, 0.5) is 25.4 Å². The summed E-state index contributed by atoms with van der Waals surface area (Å²) in [6.07, 6.45) is -0.109. The van der Waals surface area contributed by atoms with Crippen molar-refractivity contribution < 1.29 is 23.8 Å². The standard InChI is InChI=1S/C22H29FN4O4/c1-22(2,3)27(20(28)29)14-17-13-26(21(30)31-17)16-4-5-19(18(23)12-16)25-10-7-15(6-9-24)8-11-25/h4-5,12,15,17H,6-8,10-11,13-14H2,1-3H3,(H,28,29). The first-order valence-electron chi connectivity index (χ1n) is 10.5. The molecule has 0 saturated carbocycles. The van der Waals surface area contributed by atoms with Crippen molar-refractivity contribution in [2.45, 2.75) is 51.7 Å².